The van der Waals surface area contributed by atoms with Gasteiger partial charge >= 0.3 is 11.9 Å². The first-order valence-electron chi connectivity index (χ1n) is 23.1. The second-order valence-electron chi connectivity index (χ2n) is 16.4. The molecule has 10 nitrogen and oxygen atoms in total. The number of quaternary nitrogens is 1. The summed E-state index contributed by atoms with van der Waals surface area (Å²) in [6.45, 7) is 3.98. The number of phosphoric ester groups is 1. The zero-order valence-electron chi connectivity index (χ0n) is 38.5. The number of rotatable bonds is 39. The predicted octanol–water partition coefficient (Wildman–Crippen LogP) is 11.7. The number of carbonyl (C=O) groups excluding carboxylic acids is 2. The van der Waals surface area contributed by atoms with Crippen molar-refractivity contribution < 1.29 is 46.8 Å². The number of carbonyl (C=O) groups is 2. The first kappa shape index (κ1) is 55.9. The third kappa shape index (κ3) is 38.3. The zero-order valence-corrected chi connectivity index (χ0v) is 39.4. The van der Waals surface area contributed by atoms with Crippen LogP contribution >= 0.6 is 7.82 Å². The molecule has 0 aliphatic carbocycles. The Bertz CT molecular complexity index is 1420. The SMILES string of the molecule is CCCCC/C=C\C/C=C\C/C=C\C/C=C\C/C=C\CCC(=O)O[C@H](COC(=O)CCC/C=C\CC1OC1C/C=C\C/C=C\CCCCC)COP(=O)([O-])OCC[N+](C)(C)C. The van der Waals surface area contributed by atoms with Crippen molar-refractivity contribution in [2.75, 3.05) is 47.5 Å². The van der Waals surface area contributed by atoms with Crippen molar-refractivity contribution in [2.45, 2.75) is 161 Å². The largest absolute Gasteiger partial charge is 0.756 e. The van der Waals surface area contributed by atoms with E-state index in [1.165, 1.54) is 44.9 Å². The van der Waals surface area contributed by atoms with Crippen molar-refractivity contribution in [1.82, 2.24) is 0 Å². The summed E-state index contributed by atoms with van der Waals surface area (Å²) in [5, 5.41) is 0. The Balaban J connectivity index is 2.38. The Morgan fingerprint density at radius 2 is 1.05 bits per heavy atom. The summed E-state index contributed by atoms with van der Waals surface area (Å²) >= 11 is 0. The molecule has 61 heavy (non-hydrogen) atoms. The van der Waals surface area contributed by atoms with Gasteiger partial charge in [-0.3, -0.25) is 14.2 Å². The van der Waals surface area contributed by atoms with E-state index < -0.39 is 32.5 Å². The summed E-state index contributed by atoms with van der Waals surface area (Å²) in [6.07, 6.45) is 52.0. The van der Waals surface area contributed by atoms with Gasteiger partial charge in [0.2, 0.25) is 0 Å². The summed E-state index contributed by atoms with van der Waals surface area (Å²) < 4.78 is 39.6. The van der Waals surface area contributed by atoms with Gasteiger partial charge in [-0.05, 0) is 89.9 Å². The summed E-state index contributed by atoms with van der Waals surface area (Å²) in [4.78, 5) is 37.6. The van der Waals surface area contributed by atoms with Crippen molar-refractivity contribution in [3.05, 3.63) is 97.2 Å². The van der Waals surface area contributed by atoms with E-state index in [4.69, 9.17) is 23.3 Å². The number of allylic oxidation sites excluding steroid dienone is 14. The van der Waals surface area contributed by atoms with Gasteiger partial charge in [0.05, 0.1) is 40.0 Å². The molecule has 0 aromatic carbocycles. The molecule has 346 valence electrons. The Morgan fingerprint density at radius 1 is 0.590 bits per heavy atom. The minimum Gasteiger partial charge on any atom is -0.756 e. The number of ether oxygens (including phenoxy) is 3. The number of likely N-dealkylation sites (N-methyl/N-ethyl adjacent to an activating group) is 1. The van der Waals surface area contributed by atoms with Crippen molar-refractivity contribution in [1.29, 1.82) is 0 Å². The van der Waals surface area contributed by atoms with Crippen LogP contribution in [0.5, 0.6) is 0 Å². The average molecular weight is 872 g/mol. The molecule has 1 fully saturated rings. The first-order chi connectivity index (χ1) is 29.5. The number of nitrogens with zero attached hydrogens (tertiary/aromatic N) is 1. The van der Waals surface area contributed by atoms with Crippen LogP contribution in [-0.4, -0.2) is 82.2 Å². The van der Waals surface area contributed by atoms with Gasteiger partial charge in [-0.2, -0.15) is 0 Å². The highest BCUT2D eigenvalue weighted by atomic mass is 31.2. The number of unbranched alkanes of at least 4 members (excludes halogenated alkanes) is 7. The van der Waals surface area contributed by atoms with E-state index in [-0.39, 0.29) is 38.3 Å². The van der Waals surface area contributed by atoms with Crippen LogP contribution in [0.15, 0.2) is 97.2 Å². The highest BCUT2D eigenvalue weighted by Gasteiger charge is 2.36. The molecule has 1 heterocycles. The van der Waals surface area contributed by atoms with Gasteiger partial charge in [-0.25, -0.2) is 0 Å². The molecule has 0 N–H and O–H groups in total. The highest BCUT2D eigenvalue weighted by Crippen LogP contribution is 2.38. The molecule has 0 aromatic heterocycles. The fourth-order valence-electron chi connectivity index (χ4n) is 5.73. The molecule has 0 saturated carbocycles. The fraction of sp³-hybridized carbons (Fsp3) is 0.640. The van der Waals surface area contributed by atoms with Gasteiger partial charge in [0.1, 0.15) is 19.8 Å². The minimum atomic E-state index is -4.67. The summed E-state index contributed by atoms with van der Waals surface area (Å²) in [5.41, 5.74) is 0. The normalized spacial score (nSPS) is 17.7. The van der Waals surface area contributed by atoms with Gasteiger partial charge in [-0.1, -0.05) is 137 Å². The molecular weight excluding hydrogens is 790 g/mol. The maximum Gasteiger partial charge on any atom is 0.306 e. The summed E-state index contributed by atoms with van der Waals surface area (Å²) in [6, 6.07) is 0. The molecule has 1 aliphatic heterocycles. The zero-order chi connectivity index (χ0) is 44.7. The summed E-state index contributed by atoms with van der Waals surface area (Å²) in [7, 11) is 1.06. The van der Waals surface area contributed by atoms with Crippen molar-refractivity contribution in [3.63, 3.8) is 0 Å². The lowest BCUT2D eigenvalue weighted by Crippen LogP contribution is -2.37. The lowest BCUT2D eigenvalue weighted by Gasteiger charge is -2.28. The molecule has 1 rings (SSSR count). The minimum absolute atomic E-state index is 0.0610. The van der Waals surface area contributed by atoms with E-state index >= 15 is 0 Å². The van der Waals surface area contributed by atoms with Crippen LogP contribution < -0.4 is 4.89 Å². The Labute approximate surface area is 370 Å². The Hall–Kier alpha value is -3.11. The van der Waals surface area contributed by atoms with Gasteiger partial charge in [-0.15, -0.1) is 0 Å². The molecule has 3 unspecified atom stereocenters. The van der Waals surface area contributed by atoms with Crippen LogP contribution in [0.2, 0.25) is 0 Å². The molecule has 1 aliphatic rings. The number of epoxide rings is 1. The number of hydrogen-bond donors (Lipinski definition) is 0. The molecule has 0 bridgehead atoms. The van der Waals surface area contributed by atoms with E-state index in [0.717, 1.165) is 51.4 Å². The number of hydrogen-bond acceptors (Lipinski definition) is 9. The maximum atomic E-state index is 12.7. The van der Waals surface area contributed by atoms with Crippen LogP contribution in [0.4, 0.5) is 0 Å². The van der Waals surface area contributed by atoms with E-state index in [0.29, 0.717) is 30.3 Å². The monoisotopic (exact) mass is 872 g/mol. The average Bonchev–Trinajstić information content (AvgIpc) is 3.97. The fourth-order valence-corrected chi connectivity index (χ4v) is 6.46. The molecular formula is C50H82NO9P. The van der Waals surface area contributed by atoms with Crippen LogP contribution in [0.1, 0.15) is 142 Å². The van der Waals surface area contributed by atoms with E-state index in [9.17, 15) is 19.0 Å². The third-order valence-corrected chi connectivity index (χ3v) is 10.5. The smallest absolute Gasteiger partial charge is 0.306 e. The Morgan fingerprint density at radius 3 is 1.57 bits per heavy atom. The second kappa shape index (κ2) is 37.4. The highest BCUT2D eigenvalue weighted by molar-refractivity contribution is 7.45. The van der Waals surface area contributed by atoms with Crippen molar-refractivity contribution >= 4 is 19.8 Å². The quantitative estimate of drug-likeness (QED) is 0.0148. The van der Waals surface area contributed by atoms with Crippen LogP contribution in [-0.2, 0) is 37.4 Å². The van der Waals surface area contributed by atoms with Crippen molar-refractivity contribution in [3.8, 4) is 0 Å². The predicted molar refractivity (Wildman–Crippen MR) is 249 cm³/mol. The lowest BCUT2D eigenvalue weighted by molar-refractivity contribution is -0.870. The molecule has 4 atom stereocenters. The molecule has 0 spiro atoms. The molecule has 11 heteroatoms. The van der Waals surface area contributed by atoms with Crippen LogP contribution in [0.25, 0.3) is 0 Å². The number of esters is 2. The molecule has 0 aromatic rings. The Kier molecular flexibility index (Phi) is 34.3. The van der Waals surface area contributed by atoms with Gasteiger partial charge in [0.25, 0.3) is 7.82 Å². The molecule has 0 amide bonds. The summed E-state index contributed by atoms with van der Waals surface area (Å²) in [5.74, 6) is -1.01. The number of phosphoric acid groups is 1. The second-order valence-corrected chi connectivity index (χ2v) is 17.9. The maximum absolute atomic E-state index is 12.7. The molecule has 0 radical (unpaired) electrons. The lowest BCUT2D eigenvalue weighted by atomic mass is 10.1. The van der Waals surface area contributed by atoms with Crippen LogP contribution in [0, 0.1) is 0 Å². The standard InChI is InChI=1S/C50H82NO9P/c1-6-8-10-12-14-16-17-18-19-20-21-22-23-24-25-27-29-31-37-41-50(53)59-46(45-58-61(54,55)57-43-42-51(3,4)5)44-56-49(52)40-36-33-32-35-39-48-47(60-48)38-34-30-28-26-15-13-11-9-7-2/h14-16,18-19,21-22,24-26,29-32,34-35,46-48H,6-13,17,20,23,27-28,33,36-45H2,1-5H3/b16-14-,19-18-,22-21-,25-24-,26-15-,31-29-,34-30-,35-32-/t46-,47?,48?/m1/s1. The third-order valence-electron chi connectivity index (χ3n) is 9.49. The van der Waals surface area contributed by atoms with E-state index in [1.54, 1.807) is 0 Å². The van der Waals surface area contributed by atoms with E-state index in [2.05, 4.69) is 92.8 Å². The van der Waals surface area contributed by atoms with Gasteiger partial charge in [0.15, 0.2) is 6.10 Å². The van der Waals surface area contributed by atoms with Gasteiger partial charge < -0.3 is 32.6 Å². The van der Waals surface area contributed by atoms with Crippen LogP contribution in [0.3, 0.4) is 0 Å². The van der Waals surface area contributed by atoms with E-state index in [1.807, 2.05) is 39.4 Å². The first-order valence-corrected chi connectivity index (χ1v) is 24.5. The van der Waals surface area contributed by atoms with Gasteiger partial charge in [0, 0.05) is 12.8 Å². The molecule has 1 saturated heterocycles. The van der Waals surface area contributed by atoms with Crippen molar-refractivity contribution in [2.24, 2.45) is 0 Å². The topological polar surface area (TPSA) is 124 Å².